The summed E-state index contributed by atoms with van der Waals surface area (Å²) in [6, 6.07) is 12.2. The molecular weight excluding hydrogens is 229 g/mol. The van der Waals surface area contributed by atoms with Crippen LogP contribution in [0.2, 0.25) is 0 Å². The van der Waals surface area contributed by atoms with Crippen LogP contribution in [0.1, 0.15) is 5.56 Å². The number of nitrogens with two attached hydrogens (primary N) is 1. The third-order valence-corrected chi connectivity index (χ3v) is 3.00. The lowest BCUT2D eigenvalue weighted by Crippen LogP contribution is -1.92. The van der Waals surface area contributed by atoms with Crippen molar-refractivity contribution in [1.29, 1.82) is 0 Å². The first-order valence-electron chi connectivity index (χ1n) is 5.74. The van der Waals surface area contributed by atoms with Gasteiger partial charge in [0.1, 0.15) is 11.6 Å². The molecule has 0 saturated carbocycles. The largest absolute Gasteiger partial charge is 0.464 e. The van der Waals surface area contributed by atoms with E-state index < -0.39 is 0 Å². The Balaban J connectivity index is 2.17. The van der Waals surface area contributed by atoms with E-state index in [-0.39, 0.29) is 5.82 Å². The summed E-state index contributed by atoms with van der Waals surface area (Å²) in [4.78, 5) is 0. The van der Waals surface area contributed by atoms with Crippen molar-refractivity contribution in [3.8, 4) is 22.5 Å². The third kappa shape index (κ3) is 1.79. The van der Waals surface area contributed by atoms with Crippen molar-refractivity contribution in [2.45, 2.75) is 6.54 Å². The summed E-state index contributed by atoms with van der Waals surface area (Å²) in [5.74, 6) is 0.489. The van der Waals surface area contributed by atoms with Crippen LogP contribution in [0.25, 0.3) is 22.5 Å². The van der Waals surface area contributed by atoms with Gasteiger partial charge in [-0.2, -0.15) is 0 Å². The smallest absolute Gasteiger partial charge is 0.141 e. The van der Waals surface area contributed by atoms with Crippen LogP contribution in [-0.4, -0.2) is 0 Å². The van der Waals surface area contributed by atoms with Crippen molar-refractivity contribution >= 4 is 0 Å². The van der Waals surface area contributed by atoms with Gasteiger partial charge in [0.25, 0.3) is 0 Å². The number of rotatable bonds is 2. The minimum atomic E-state index is -0.254. The molecule has 1 aliphatic heterocycles. The molecule has 1 aromatic carbocycles. The van der Waals surface area contributed by atoms with E-state index in [9.17, 15) is 4.39 Å². The van der Waals surface area contributed by atoms with E-state index in [0.717, 1.165) is 28.0 Å². The molecule has 3 heteroatoms. The van der Waals surface area contributed by atoms with Crippen LogP contribution >= 0.6 is 0 Å². The number of benzene rings is 1. The fourth-order valence-corrected chi connectivity index (χ4v) is 2.10. The average molecular weight is 241 g/mol. The summed E-state index contributed by atoms with van der Waals surface area (Å²) in [5, 5.41) is 0. The van der Waals surface area contributed by atoms with Gasteiger partial charge in [-0.1, -0.05) is 0 Å². The number of halogens is 1. The maximum atomic E-state index is 12.9. The maximum absolute atomic E-state index is 12.9. The molecule has 3 rings (SSSR count). The van der Waals surface area contributed by atoms with Gasteiger partial charge in [-0.05, 0) is 53.6 Å². The van der Waals surface area contributed by atoms with E-state index in [1.165, 1.54) is 12.1 Å². The molecule has 0 saturated heterocycles. The molecule has 0 atom stereocenters. The molecule has 1 aliphatic carbocycles. The summed E-state index contributed by atoms with van der Waals surface area (Å²) >= 11 is 0. The van der Waals surface area contributed by atoms with Crippen LogP contribution in [0.3, 0.4) is 0 Å². The highest BCUT2D eigenvalue weighted by atomic mass is 19.1. The molecule has 18 heavy (non-hydrogen) atoms. The lowest BCUT2D eigenvalue weighted by atomic mass is 10.0. The van der Waals surface area contributed by atoms with Gasteiger partial charge < -0.3 is 10.2 Å². The van der Waals surface area contributed by atoms with Gasteiger partial charge in [0.05, 0.1) is 6.26 Å². The molecule has 1 heterocycles. The molecule has 0 fully saturated rings. The molecule has 90 valence electrons. The first-order valence-corrected chi connectivity index (χ1v) is 5.74. The quantitative estimate of drug-likeness (QED) is 0.743. The van der Waals surface area contributed by atoms with E-state index in [1.54, 1.807) is 18.4 Å². The molecule has 0 unspecified atom stereocenters. The standard InChI is InChI=1S/C15H12FNO/c16-13-3-1-11(2-4-13)15-14-8-10(9-17)7-12(14)5-6-18-15/h1-8H,9,17H2. The number of fused-ring (bicyclic) bond motifs is 1. The van der Waals surface area contributed by atoms with E-state index in [2.05, 4.69) is 0 Å². The van der Waals surface area contributed by atoms with Crippen molar-refractivity contribution in [2.75, 3.05) is 0 Å². The molecule has 2 N–H and O–H groups in total. The summed E-state index contributed by atoms with van der Waals surface area (Å²) in [7, 11) is 0. The predicted octanol–water partition coefficient (Wildman–Crippen LogP) is 3.65. The minimum Gasteiger partial charge on any atom is -0.464 e. The van der Waals surface area contributed by atoms with Gasteiger partial charge in [-0.3, -0.25) is 0 Å². The Bertz CT molecular complexity index is 642. The molecule has 2 nitrogen and oxygen atoms in total. The molecule has 0 amide bonds. The van der Waals surface area contributed by atoms with Gasteiger partial charge in [0.2, 0.25) is 0 Å². The zero-order valence-corrected chi connectivity index (χ0v) is 9.69. The van der Waals surface area contributed by atoms with E-state index in [1.807, 2.05) is 18.2 Å². The van der Waals surface area contributed by atoms with Gasteiger partial charge in [0.15, 0.2) is 0 Å². The predicted molar refractivity (Wildman–Crippen MR) is 68.6 cm³/mol. The summed E-state index contributed by atoms with van der Waals surface area (Å²) in [6.45, 7) is 0.498. The normalized spacial score (nSPS) is 11.0. The summed E-state index contributed by atoms with van der Waals surface area (Å²) in [6.07, 6.45) is 1.64. The summed E-state index contributed by atoms with van der Waals surface area (Å²) < 4.78 is 18.5. The van der Waals surface area contributed by atoms with Crippen LogP contribution in [0.4, 0.5) is 4.39 Å². The van der Waals surface area contributed by atoms with Crippen LogP contribution in [0.15, 0.2) is 53.1 Å². The molecule has 0 aromatic heterocycles. The topological polar surface area (TPSA) is 39.2 Å². The zero-order chi connectivity index (χ0) is 12.5. The molecular formula is C15H12FNO. The molecule has 0 radical (unpaired) electrons. The lowest BCUT2D eigenvalue weighted by Gasteiger charge is -2.06. The second-order valence-electron chi connectivity index (χ2n) is 4.19. The van der Waals surface area contributed by atoms with Crippen LogP contribution in [0.5, 0.6) is 0 Å². The SMILES string of the molecule is NCc1cc2ccoc(-c3ccc(F)cc3)c-2c1. The van der Waals surface area contributed by atoms with Crippen molar-refractivity contribution in [3.05, 3.63) is 60.1 Å². The Kier molecular flexibility index (Phi) is 2.61. The fraction of sp³-hybridized carbons (Fsp3) is 0.0667. The molecule has 1 aromatic rings. The van der Waals surface area contributed by atoms with E-state index >= 15 is 0 Å². The molecule has 2 aliphatic rings. The van der Waals surface area contributed by atoms with Gasteiger partial charge in [-0.25, -0.2) is 4.39 Å². The fourth-order valence-electron chi connectivity index (χ4n) is 2.10. The average Bonchev–Trinajstić information content (AvgIpc) is 2.82. The number of hydrogen-bond donors (Lipinski definition) is 1. The Morgan fingerprint density at radius 2 is 1.78 bits per heavy atom. The Hall–Kier alpha value is -2.13. The Morgan fingerprint density at radius 3 is 2.50 bits per heavy atom. The third-order valence-electron chi connectivity index (χ3n) is 3.00. The lowest BCUT2D eigenvalue weighted by molar-refractivity contribution is 0.567. The molecule has 0 bridgehead atoms. The molecule has 0 spiro atoms. The second kappa shape index (κ2) is 4.27. The van der Waals surface area contributed by atoms with Gasteiger partial charge >= 0.3 is 0 Å². The van der Waals surface area contributed by atoms with Gasteiger partial charge in [0, 0.05) is 17.7 Å². The van der Waals surface area contributed by atoms with Crippen LogP contribution in [-0.2, 0) is 6.54 Å². The van der Waals surface area contributed by atoms with Crippen molar-refractivity contribution in [2.24, 2.45) is 5.73 Å². The first-order chi connectivity index (χ1) is 8.78. The van der Waals surface area contributed by atoms with Crippen molar-refractivity contribution in [1.82, 2.24) is 0 Å². The second-order valence-corrected chi connectivity index (χ2v) is 4.19. The van der Waals surface area contributed by atoms with Crippen molar-refractivity contribution < 1.29 is 8.81 Å². The highest BCUT2D eigenvalue weighted by Gasteiger charge is 2.14. The van der Waals surface area contributed by atoms with Gasteiger partial charge in [-0.15, -0.1) is 0 Å². The zero-order valence-electron chi connectivity index (χ0n) is 9.69. The van der Waals surface area contributed by atoms with Crippen LogP contribution in [0, 0.1) is 5.82 Å². The maximum Gasteiger partial charge on any atom is 0.141 e. The monoisotopic (exact) mass is 241 g/mol. The first kappa shape index (κ1) is 11.0. The number of hydrogen-bond acceptors (Lipinski definition) is 2. The van der Waals surface area contributed by atoms with E-state index in [4.69, 9.17) is 10.2 Å². The summed E-state index contributed by atoms with van der Waals surface area (Å²) in [5.41, 5.74) is 9.65. The minimum absolute atomic E-state index is 0.254. The van der Waals surface area contributed by atoms with Crippen molar-refractivity contribution in [3.63, 3.8) is 0 Å². The Labute approximate surface area is 104 Å². The Morgan fingerprint density at radius 1 is 1.00 bits per heavy atom. The highest BCUT2D eigenvalue weighted by Crippen LogP contribution is 2.35. The van der Waals surface area contributed by atoms with Crippen LogP contribution < -0.4 is 5.73 Å². The van der Waals surface area contributed by atoms with E-state index in [0.29, 0.717) is 6.54 Å². The highest BCUT2D eigenvalue weighted by molar-refractivity contribution is 5.82.